The minimum Gasteiger partial charge on any atom is -0.353 e. The van der Waals surface area contributed by atoms with Gasteiger partial charge in [0.15, 0.2) is 0 Å². The Kier molecular flexibility index (Phi) is 6.59. The maximum Gasteiger partial charge on any atom is 0.275 e. The summed E-state index contributed by atoms with van der Waals surface area (Å²) in [7, 11) is 0. The third-order valence-electron chi connectivity index (χ3n) is 3.25. The molecule has 1 atom stereocenters. The van der Waals surface area contributed by atoms with Crippen molar-refractivity contribution in [3.05, 3.63) is 27.1 Å². The lowest BCUT2D eigenvalue weighted by Gasteiger charge is -2.12. The van der Waals surface area contributed by atoms with Gasteiger partial charge in [-0.2, -0.15) is 9.61 Å². The van der Waals surface area contributed by atoms with Gasteiger partial charge in [-0.25, -0.2) is 4.98 Å². The van der Waals surface area contributed by atoms with Crippen molar-refractivity contribution in [2.45, 2.75) is 51.8 Å². The van der Waals surface area contributed by atoms with Gasteiger partial charge in [0, 0.05) is 17.9 Å². The van der Waals surface area contributed by atoms with E-state index in [1.165, 1.54) is 33.7 Å². The zero-order chi connectivity index (χ0) is 16.8. The maximum atomic E-state index is 12.0. The first-order valence-corrected chi connectivity index (χ1v) is 9.76. The largest absolute Gasteiger partial charge is 0.353 e. The van der Waals surface area contributed by atoms with E-state index in [2.05, 4.69) is 22.3 Å². The number of aryl methyl sites for hydroxylation is 1. The summed E-state index contributed by atoms with van der Waals surface area (Å²) in [5.74, 6) is 0.943. The molecular formula is C15H22N4O2S2. The van der Waals surface area contributed by atoms with Crippen molar-refractivity contribution >= 4 is 34.0 Å². The number of aromatic nitrogens is 3. The van der Waals surface area contributed by atoms with Crippen LogP contribution in [-0.2, 0) is 17.0 Å². The van der Waals surface area contributed by atoms with Crippen LogP contribution in [0.5, 0.6) is 0 Å². The molecule has 6 nitrogen and oxygen atoms in total. The molecular weight excluding hydrogens is 332 g/mol. The van der Waals surface area contributed by atoms with Gasteiger partial charge < -0.3 is 5.32 Å². The van der Waals surface area contributed by atoms with Gasteiger partial charge in [0.05, 0.1) is 11.4 Å². The molecule has 0 spiro atoms. The number of hydrogen-bond acceptors (Lipinski definition) is 6. The lowest BCUT2D eigenvalue weighted by molar-refractivity contribution is -0.119. The average molecular weight is 355 g/mol. The number of carbonyl (C=O) groups excluding carboxylic acids is 1. The Morgan fingerprint density at radius 1 is 1.48 bits per heavy atom. The number of rotatable bonds is 8. The second kappa shape index (κ2) is 8.44. The number of carbonyl (C=O) groups is 1. The van der Waals surface area contributed by atoms with Crippen LogP contribution >= 0.6 is 23.1 Å². The number of amides is 1. The van der Waals surface area contributed by atoms with Crippen LogP contribution in [0.4, 0.5) is 0 Å². The van der Waals surface area contributed by atoms with Crippen molar-refractivity contribution in [3.63, 3.8) is 0 Å². The fourth-order valence-electron chi connectivity index (χ4n) is 2.18. The summed E-state index contributed by atoms with van der Waals surface area (Å²) in [6.45, 7) is 6.11. The second-order valence-electron chi connectivity index (χ2n) is 5.38. The molecule has 0 bridgehead atoms. The quantitative estimate of drug-likeness (QED) is 0.787. The van der Waals surface area contributed by atoms with Crippen molar-refractivity contribution in [2.75, 3.05) is 5.75 Å². The normalized spacial score (nSPS) is 12.5. The van der Waals surface area contributed by atoms with Crippen molar-refractivity contribution in [3.8, 4) is 0 Å². The van der Waals surface area contributed by atoms with E-state index in [4.69, 9.17) is 0 Å². The molecule has 23 heavy (non-hydrogen) atoms. The summed E-state index contributed by atoms with van der Waals surface area (Å²) >= 11 is 2.90. The predicted molar refractivity (Wildman–Crippen MR) is 95.2 cm³/mol. The summed E-state index contributed by atoms with van der Waals surface area (Å²) in [5.41, 5.74) is 0.531. The van der Waals surface area contributed by atoms with Gasteiger partial charge in [-0.05, 0) is 19.8 Å². The van der Waals surface area contributed by atoms with Crippen LogP contribution in [0.1, 0.15) is 44.3 Å². The molecule has 0 saturated carbocycles. The topological polar surface area (TPSA) is 76.4 Å². The van der Waals surface area contributed by atoms with Gasteiger partial charge in [-0.3, -0.25) is 9.59 Å². The molecule has 8 heteroatoms. The Bertz CT molecular complexity index is 726. The number of hydrogen-bond donors (Lipinski definition) is 1. The van der Waals surface area contributed by atoms with Crippen LogP contribution < -0.4 is 10.9 Å². The number of fused-ring (bicyclic) bond motifs is 1. The molecule has 2 aromatic rings. The first-order chi connectivity index (χ1) is 11.0. The molecule has 2 rings (SSSR count). The lowest BCUT2D eigenvalue weighted by Crippen LogP contribution is -2.33. The highest BCUT2D eigenvalue weighted by atomic mass is 32.2. The van der Waals surface area contributed by atoms with Crippen LogP contribution in [0.2, 0.25) is 0 Å². The molecule has 0 aliphatic carbocycles. The van der Waals surface area contributed by atoms with Crippen LogP contribution in [-0.4, -0.2) is 32.3 Å². The van der Waals surface area contributed by atoms with Crippen molar-refractivity contribution in [1.29, 1.82) is 0 Å². The standard InChI is InChI=1S/C15H22N4O2S2/c1-4-6-10(3)16-12(20)9-22-8-11-7-14(21)19-15(17-11)23-13(5-2)18-19/h7,10H,4-6,8-9H2,1-3H3,(H,16,20)/t10-/m0/s1. The van der Waals surface area contributed by atoms with E-state index in [1.54, 1.807) is 0 Å². The van der Waals surface area contributed by atoms with Gasteiger partial charge in [-0.15, -0.1) is 11.8 Å². The van der Waals surface area contributed by atoms with E-state index in [9.17, 15) is 9.59 Å². The smallest absolute Gasteiger partial charge is 0.275 e. The third-order valence-corrected chi connectivity index (χ3v) is 5.27. The molecule has 0 aromatic carbocycles. The van der Waals surface area contributed by atoms with Crippen molar-refractivity contribution < 1.29 is 4.79 Å². The third kappa shape index (κ3) is 5.04. The van der Waals surface area contributed by atoms with Crippen LogP contribution in [0.25, 0.3) is 4.96 Å². The van der Waals surface area contributed by atoms with Gasteiger partial charge >= 0.3 is 0 Å². The van der Waals surface area contributed by atoms with Crippen molar-refractivity contribution in [2.24, 2.45) is 0 Å². The first-order valence-electron chi connectivity index (χ1n) is 7.79. The highest BCUT2D eigenvalue weighted by Crippen LogP contribution is 2.14. The van der Waals surface area contributed by atoms with Crippen LogP contribution in [0.15, 0.2) is 10.9 Å². The van der Waals surface area contributed by atoms with Gasteiger partial charge in [0.2, 0.25) is 10.9 Å². The fraction of sp³-hybridized carbons (Fsp3) is 0.600. The van der Waals surface area contributed by atoms with E-state index >= 15 is 0 Å². The molecule has 2 aromatic heterocycles. The maximum absolute atomic E-state index is 12.0. The summed E-state index contributed by atoms with van der Waals surface area (Å²) in [4.78, 5) is 28.9. The highest BCUT2D eigenvalue weighted by molar-refractivity contribution is 7.99. The predicted octanol–water partition coefficient (Wildman–Crippen LogP) is 2.25. The Morgan fingerprint density at radius 2 is 2.26 bits per heavy atom. The summed E-state index contributed by atoms with van der Waals surface area (Å²) in [6.07, 6.45) is 2.82. The minimum absolute atomic E-state index is 0.0276. The number of nitrogens with one attached hydrogen (secondary N) is 1. The van der Waals surface area contributed by atoms with E-state index < -0.39 is 0 Å². The van der Waals surface area contributed by atoms with Gasteiger partial charge in [0.1, 0.15) is 5.01 Å². The molecule has 1 N–H and O–H groups in total. The highest BCUT2D eigenvalue weighted by Gasteiger charge is 2.10. The molecule has 0 saturated heterocycles. The molecule has 0 radical (unpaired) electrons. The zero-order valence-corrected chi connectivity index (χ0v) is 15.3. The molecule has 0 aliphatic rings. The van der Waals surface area contributed by atoms with Crippen LogP contribution in [0.3, 0.4) is 0 Å². The molecule has 1 amide bonds. The Hall–Kier alpha value is -1.41. The average Bonchev–Trinajstić information content (AvgIpc) is 2.91. The van der Waals surface area contributed by atoms with Gasteiger partial charge in [-0.1, -0.05) is 31.6 Å². The summed E-state index contributed by atoms with van der Waals surface area (Å²) in [6, 6.07) is 1.70. The molecule has 126 valence electrons. The summed E-state index contributed by atoms with van der Waals surface area (Å²) < 4.78 is 1.34. The monoisotopic (exact) mass is 354 g/mol. The molecule has 2 heterocycles. The second-order valence-corrected chi connectivity index (χ2v) is 7.41. The Morgan fingerprint density at radius 3 is 2.96 bits per heavy atom. The minimum atomic E-state index is -0.164. The first kappa shape index (κ1) is 17.9. The lowest BCUT2D eigenvalue weighted by atomic mass is 10.2. The number of nitrogens with zero attached hydrogens (tertiary/aromatic N) is 3. The Balaban J connectivity index is 1.92. The SMILES string of the molecule is CCC[C@H](C)NC(=O)CSCc1cc(=O)n2nc(CC)sc2n1. The zero-order valence-electron chi connectivity index (χ0n) is 13.7. The Labute approximate surface area is 143 Å². The van der Waals surface area contributed by atoms with E-state index in [1.807, 2.05) is 13.8 Å². The molecule has 0 fully saturated rings. The van der Waals surface area contributed by atoms with Gasteiger partial charge in [0.25, 0.3) is 5.56 Å². The molecule has 0 unspecified atom stereocenters. The summed E-state index contributed by atoms with van der Waals surface area (Å²) in [5, 5.41) is 8.08. The fourth-order valence-corrected chi connectivity index (χ4v) is 3.77. The van der Waals surface area contributed by atoms with E-state index in [0.29, 0.717) is 22.2 Å². The van der Waals surface area contributed by atoms with Crippen molar-refractivity contribution in [1.82, 2.24) is 19.9 Å². The molecule has 0 aliphatic heterocycles. The van der Waals surface area contributed by atoms with E-state index in [-0.39, 0.29) is 17.5 Å². The van der Waals surface area contributed by atoms with E-state index in [0.717, 1.165) is 24.3 Å². The van der Waals surface area contributed by atoms with Crippen LogP contribution in [0, 0.1) is 0 Å². The number of thioether (sulfide) groups is 1.